The molecule has 0 amide bonds. The number of thioether (sulfide) groups is 1. The number of hydrogen-bond donors (Lipinski definition) is 0. The molecule has 0 N–H and O–H groups in total. The van der Waals surface area contributed by atoms with Crippen molar-refractivity contribution in [2.45, 2.75) is 24.5 Å². The van der Waals surface area contributed by atoms with E-state index in [1.165, 1.54) is 11.3 Å². The molecule has 0 bridgehead atoms. The molecule has 48 heavy (non-hydrogen) atoms. The molecule has 1 atom stereocenters. The zero-order valence-corrected chi connectivity index (χ0v) is 30.2. The zero-order valence-electron chi connectivity index (χ0n) is 26.2. The number of ether oxygens (including phenoxy) is 3. The predicted molar refractivity (Wildman–Crippen MR) is 196 cm³/mol. The number of esters is 1. The molecule has 7 nitrogen and oxygen atoms in total. The predicted octanol–water partition coefficient (Wildman–Crippen LogP) is 7.66. The van der Waals surface area contributed by atoms with Gasteiger partial charge in [0, 0.05) is 14.9 Å². The van der Waals surface area contributed by atoms with Crippen molar-refractivity contribution in [3.8, 4) is 11.5 Å². The third-order valence-corrected chi connectivity index (χ3v) is 10.2. The molecule has 0 aliphatic carbocycles. The Morgan fingerprint density at radius 1 is 1.06 bits per heavy atom. The Morgan fingerprint density at radius 2 is 1.79 bits per heavy atom. The Morgan fingerprint density at radius 3 is 2.46 bits per heavy atom. The Kier molecular flexibility index (Phi) is 10.6. The van der Waals surface area contributed by atoms with Gasteiger partial charge in [0.15, 0.2) is 16.3 Å². The number of thiazole rings is 1. The van der Waals surface area contributed by atoms with Crippen molar-refractivity contribution in [2.24, 2.45) is 4.99 Å². The molecule has 6 rings (SSSR count). The van der Waals surface area contributed by atoms with Crippen molar-refractivity contribution in [2.75, 3.05) is 20.0 Å². The molecule has 2 heterocycles. The first kappa shape index (κ1) is 33.8. The lowest BCUT2D eigenvalue weighted by molar-refractivity contribution is -0.138. The minimum Gasteiger partial charge on any atom is -0.493 e. The molecule has 244 valence electrons. The number of methoxy groups -OCH3 is 1. The first-order valence-corrected chi connectivity index (χ1v) is 18.2. The van der Waals surface area contributed by atoms with Gasteiger partial charge in [-0.05, 0) is 72.3 Å². The van der Waals surface area contributed by atoms with Crippen molar-refractivity contribution in [3.63, 3.8) is 0 Å². The second-order valence-corrected chi connectivity index (χ2v) is 13.9. The van der Waals surface area contributed by atoms with Crippen LogP contribution < -0.4 is 24.4 Å². The topological polar surface area (TPSA) is 79.1 Å². The van der Waals surface area contributed by atoms with E-state index < -0.39 is 12.0 Å². The van der Waals surface area contributed by atoms with E-state index in [1.54, 1.807) is 48.6 Å². The van der Waals surface area contributed by atoms with Gasteiger partial charge in [0.1, 0.15) is 6.61 Å². The molecule has 11 heteroatoms. The normalized spacial score (nSPS) is 14.4. The molecular formula is C37H30BrClN2O5S2. The van der Waals surface area contributed by atoms with Gasteiger partial charge in [0.25, 0.3) is 5.56 Å². The van der Waals surface area contributed by atoms with Crippen LogP contribution >= 0.6 is 50.6 Å². The van der Waals surface area contributed by atoms with Crippen LogP contribution in [0.3, 0.4) is 0 Å². The first-order chi connectivity index (χ1) is 23.3. The van der Waals surface area contributed by atoms with Crippen LogP contribution in [0.25, 0.3) is 11.8 Å². The maximum absolute atomic E-state index is 14.3. The number of nitrogens with zero attached hydrogens (tertiary/aromatic N) is 2. The van der Waals surface area contributed by atoms with Crippen molar-refractivity contribution < 1.29 is 19.0 Å². The number of halogens is 2. The second-order valence-electron chi connectivity index (χ2n) is 10.7. The van der Waals surface area contributed by atoms with Gasteiger partial charge in [-0.3, -0.25) is 9.36 Å². The van der Waals surface area contributed by atoms with Gasteiger partial charge in [-0.2, -0.15) is 0 Å². The maximum Gasteiger partial charge on any atom is 0.338 e. The van der Waals surface area contributed by atoms with Gasteiger partial charge < -0.3 is 14.2 Å². The van der Waals surface area contributed by atoms with E-state index in [4.69, 9.17) is 30.8 Å². The van der Waals surface area contributed by atoms with Crippen LogP contribution in [0.5, 0.6) is 11.5 Å². The van der Waals surface area contributed by atoms with Gasteiger partial charge in [-0.1, -0.05) is 93.5 Å². The molecule has 4 aromatic carbocycles. The number of carbonyl (C=O) groups excluding carboxylic acids is 1. The molecule has 0 fully saturated rings. The summed E-state index contributed by atoms with van der Waals surface area (Å²) in [6.07, 6.45) is 3.75. The van der Waals surface area contributed by atoms with Gasteiger partial charge in [0.05, 0.1) is 40.6 Å². The number of carbonyl (C=O) groups is 1. The third-order valence-electron chi connectivity index (χ3n) is 7.65. The fourth-order valence-corrected chi connectivity index (χ4v) is 7.34. The summed E-state index contributed by atoms with van der Waals surface area (Å²) < 4.78 is 20.2. The highest BCUT2D eigenvalue weighted by Crippen LogP contribution is 2.38. The SMILES string of the molecule is CCOC(=O)C1=C(c2ccccc2)N=c2s/c(=C\c3cc(Cl)c(OCc4ccc(Br)cc4)c(OC)c3)c(=O)n2[C@@H]1c1ccc(SC)cc1. The number of fused-ring (bicyclic) bond motifs is 1. The highest BCUT2D eigenvalue weighted by molar-refractivity contribution is 9.10. The molecule has 1 aliphatic heterocycles. The fraction of sp³-hybridized carbons (Fsp3) is 0.162. The summed E-state index contributed by atoms with van der Waals surface area (Å²) in [4.78, 5) is 34.4. The summed E-state index contributed by atoms with van der Waals surface area (Å²) in [5.74, 6) is 0.311. The Bertz CT molecular complexity index is 2180. The van der Waals surface area contributed by atoms with Crippen molar-refractivity contribution in [3.05, 3.63) is 148 Å². The fourth-order valence-electron chi connectivity index (χ4n) is 5.39. The highest BCUT2D eigenvalue weighted by Gasteiger charge is 2.35. The van der Waals surface area contributed by atoms with E-state index in [2.05, 4.69) is 15.9 Å². The minimum absolute atomic E-state index is 0.179. The van der Waals surface area contributed by atoms with E-state index in [9.17, 15) is 9.59 Å². The van der Waals surface area contributed by atoms with Crippen LogP contribution in [0, 0.1) is 0 Å². The number of aromatic nitrogens is 1. The summed E-state index contributed by atoms with van der Waals surface area (Å²) in [7, 11) is 1.54. The lowest BCUT2D eigenvalue weighted by atomic mass is 9.93. The van der Waals surface area contributed by atoms with Gasteiger partial charge in [-0.15, -0.1) is 11.8 Å². The minimum atomic E-state index is -0.763. The van der Waals surface area contributed by atoms with E-state index in [1.807, 2.05) is 85.1 Å². The molecule has 1 aromatic heterocycles. The quantitative estimate of drug-likeness (QED) is 0.108. The van der Waals surface area contributed by atoms with E-state index in [0.29, 0.717) is 49.3 Å². The molecule has 0 radical (unpaired) electrons. The van der Waals surface area contributed by atoms with Crippen LogP contribution in [0.1, 0.15) is 35.2 Å². The van der Waals surface area contributed by atoms with Crippen molar-refractivity contribution in [1.29, 1.82) is 0 Å². The maximum atomic E-state index is 14.3. The summed E-state index contributed by atoms with van der Waals surface area (Å²) in [6.45, 7) is 2.23. The van der Waals surface area contributed by atoms with Crippen LogP contribution in [0.4, 0.5) is 0 Å². The third kappa shape index (κ3) is 7.03. The van der Waals surface area contributed by atoms with Crippen molar-refractivity contribution in [1.82, 2.24) is 4.57 Å². The number of benzene rings is 4. The standard InChI is InChI=1S/C37H30BrClN2O5S2/c1-4-45-36(43)31-32(24-8-6-5-7-9-24)40-37-41(33(31)25-12-16-27(47-3)17-13-25)35(42)30(48-37)20-23-18-28(39)34(29(19-23)44-2)46-21-22-10-14-26(38)15-11-22/h5-20,33H,4,21H2,1-3H3/b30-20-/t33-/m1/s1. The number of hydrogen-bond acceptors (Lipinski definition) is 8. The summed E-state index contributed by atoms with van der Waals surface area (Å²) >= 11 is 13.0. The zero-order chi connectivity index (χ0) is 33.8. The lowest BCUT2D eigenvalue weighted by Gasteiger charge is -2.26. The summed E-state index contributed by atoms with van der Waals surface area (Å²) in [5.41, 5.74) is 3.61. The monoisotopic (exact) mass is 760 g/mol. The highest BCUT2D eigenvalue weighted by atomic mass is 79.9. The Hall–Kier alpha value is -4.09. The first-order valence-electron chi connectivity index (χ1n) is 15.0. The van der Waals surface area contributed by atoms with Gasteiger partial charge in [-0.25, -0.2) is 9.79 Å². The van der Waals surface area contributed by atoms with Crippen molar-refractivity contribution >= 4 is 68.4 Å². The second kappa shape index (κ2) is 15.0. The van der Waals surface area contributed by atoms with E-state index >= 15 is 0 Å². The van der Waals surface area contributed by atoms with Crippen LogP contribution in [0.2, 0.25) is 5.02 Å². The molecule has 5 aromatic rings. The lowest BCUT2D eigenvalue weighted by Crippen LogP contribution is -2.40. The van der Waals surface area contributed by atoms with E-state index in [-0.39, 0.29) is 12.2 Å². The van der Waals surface area contributed by atoms with Crippen LogP contribution in [-0.4, -0.2) is 30.5 Å². The molecule has 0 saturated carbocycles. The molecule has 0 saturated heterocycles. The molecule has 0 spiro atoms. The van der Waals surface area contributed by atoms with Gasteiger partial charge in [0.2, 0.25) is 0 Å². The summed E-state index contributed by atoms with van der Waals surface area (Å²) in [6, 6.07) is 27.9. The Labute approximate surface area is 299 Å². The average Bonchev–Trinajstić information content (AvgIpc) is 3.41. The molecule has 0 unspecified atom stereocenters. The van der Waals surface area contributed by atoms with Gasteiger partial charge >= 0.3 is 5.97 Å². The smallest absolute Gasteiger partial charge is 0.338 e. The summed E-state index contributed by atoms with van der Waals surface area (Å²) in [5, 5.41) is 0.341. The molecule has 1 aliphatic rings. The number of rotatable bonds is 10. The van der Waals surface area contributed by atoms with Crippen LogP contribution in [0.15, 0.2) is 116 Å². The van der Waals surface area contributed by atoms with Crippen LogP contribution in [-0.2, 0) is 16.1 Å². The largest absolute Gasteiger partial charge is 0.493 e. The average molecular weight is 762 g/mol. The Balaban J connectivity index is 1.49. The van der Waals surface area contributed by atoms with E-state index in [0.717, 1.165) is 26.1 Å². The molecular weight excluding hydrogens is 732 g/mol.